The first-order chi connectivity index (χ1) is 6.20. The molecule has 0 aromatic carbocycles. The molecule has 1 unspecified atom stereocenters. The molecule has 2 aliphatic rings. The third-order valence-corrected chi connectivity index (χ3v) is 3.04. The highest BCUT2D eigenvalue weighted by atomic mass is 16.3. The summed E-state index contributed by atoms with van der Waals surface area (Å²) in [6.45, 7) is 1.71. The number of allylic oxidation sites excluding steroid dienone is 3. The van der Waals surface area contributed by atoms with Crippen LogP contribution in [0.5, 0.6) is 0 Å². The monoisotopic (exact) mass is 178 g/mol. The quantitative estimate of drug-likeness (QED) is 0.618. The minimum absolute atomic E-state index is 0.113. The van der Waals surface area contributed by atoms with Crippen molar-refractivity contribution in [2.75, 3.05) is 0 Å². The van der Waals surface area contributed by atoms with Gasteiger partial charge in [0.2, 0.25) is 0 Å². The zero-order chi connectivity index (χ0) is 9.42. The molecule has 13 heavy (non-hydrogen) atoms. The van der Waals surface area contributed by atoms with Gasteiger partial charge in [-0.3, -0.25) is 4.79 Å². The lowest BCUT2D eigenvalue weighted by atomic mass is 9.77. The fraction of sp³-hybridized carbons (Fsp3) is 0.545. The molecule has 0 radical (unpaired) electrons. The zero-order valence-corrected chi connectivity index (χ0v) is 7.84. The number of ketones is 1. The van der Waals surface area contributed by atoms with Crippen molar-refractivity contribution in [3.63, 3.8) is 0 Å². The number of fused-ring (bicyclic) bond motifs is 1. The van der Waals surface area contributed by atoms with Gasteiger partial charge in [0.15, 0.2) is 5.78 Å². The van der Waals surface area contributed by atoms with E-state index in [1.807, 2.05) is 0 Å². The molecule has 0 aromatic rings. The van der Waals surface area contributed by atoms with Crippen LogP contribution in [0.4, 0.5) is 0 Å². The van der Waals surface area contributed by atoms with Crippen LogP contribution < -0.4 is 0 Å². The van der Waals surface area contributed by atoms with Gasteiger partial charge in [0.25, 0.3) is 0 Å². The summed E-state index contributed by atoms with van der Waals surface area (Å²) in [4.78, 5) is 11.4. The summed E-state index contributed by atoms with van der Waals surface area (Å²) in [5.41, 5.74) is 1.56. The van der Waals surface area contributed by atoms with Crippen molar-refractivity contribution < 1.29 is 9.90 Å². The normalized spacial score (nSPS) is 28.5. The highest BCUT2D eigenvalue weighted by Gasteiger charge is 2.30. The van der Waals surface area contributed by atoms with Crippen LogP contribution in [0.2, 0.25) is 0 Å². The smallest absolute Gasteiger partial charge is 0.162 e. The van der Waals surface area contributed by atoms with Crippen LogP contribution in [0.25, 0.3) is 0 Å². The third kappa shape index (κ3) is 1.30. The van der Waals surface area contributed by atoms with Crippen molar-refractivity contribution in [3.05, 3.63) is 23.0 Å². The lowest BCUT2D eigenvalue weighted by Crippen LogP contribution is -2.22. The van der Waals surface area contributed by atoms with Crippen LogP contribution in [0.15, 0.2) is 23.0 Å². The maximum absolute atomic E-state index is 11.4. The second-order valence-electron chi connectivity index (χ2n) is 3.89. The van der Waals surface area contributed by atoms with E-state index in [1.54, 1.807) is 6.92 Å². The number of Topliss-reactive ketones (excluding diaryl/α,β-unsaturated/α-hetero) is 1. The van der Waals surface area contributed by atoms with E-state index in [4.69, 9.17) is 0 Å². The molecule has 0 saturated heterocycles. The van der Waals surface area contributed by atoms with Gasteiger partial charge in [0.05, 0.1) is 0 Å². The van der Waals surface area contributed by atoms with E-state index in [0.717, 1.165) is 24.8 Å². The summed E-state index contributed by atoms with van der Waals surface area (Å²) < 4.78 is 0. The summed E-state index contributed by atoms with van der Waals surface area (Å²) in [5.74, 6) is 0.660. The highest BCUT2D eigenvalue weighted by Crippen LogP contribution is 2.37. The SMILES string of the molecule is CC1=C(O)C2=CCCCC2CC1=O. The van der Waals surface area contributed by atoms with Gasteiger partial charge in [-0.1, -0.05) is 6.08 Å². The average Bonchev–Trinajstić information content (AvgIpc) is 2.15. The van der Waals surface area contributed by atoms with E-state index in [0.29, 0.717) is 17.9 Å². The number of aliphatic hydroxyl groups is 1. The lowest BCUT2D eigenvalue weighted by molar-refractivity contribution is -0.116. The van der Waals surface area contributed by atoms with Gasteiger partial charge in [-0.25, -0.2) is 0 Å². The van der Waals surface area contributed by atoms with Gasteiger partial charge in [0, 0.05) is 12.0 Å². The van der Waals surface area contributed by atoms with Crippen LogP contribution in [-0.2, 0) is 4.79 Å². The topological polar surface area (TPSA) is 37.3 Å². The predicted molar refractivity (Wildman–Crippen MR) is 50.4 cm³/mol. The van der Waals surface area contributed by atoms with Crippen LogP contribution in [0, 0.1) is 5.92 Å². The van der Waals surface area contributed by atoms with Crippen molar-refractivity contribution in [3.8, 4) is 0 Å². The molecule has 0 aromatic heterocycles. The van der Waals surface area contributed by atoms with Gasteiger partial charge >= 0.3 is 0 Å². The van der Waals surface area contributed by atoms with E-state index in [1.165, 1.54) is 0 Å². The zero-order valence-electron chi connectivity index (χ0n) is 7.84. The Labute approximate surface area is 78.0 Å². The Morgan fingerprint density at radius 2 is 2.31 bits per heavy atom. The summed E-state index contributed by atoms with van der Waals surface area (Å²) in [5, 5.41) is 9.73. The molecule has 0 saturated carbocycles. The van der Waals surface area contributed by atoms with Crippen LogP contribution >= 0.6 is 0 Å². The third-order valence-electron chi connectivity index (χ3n) is 3.04. The van der Waals surface area contributed by atoms with Crippen LogP contribution in [0.1, 0.15) is 32.6 Å². The minimum atomic E-state index is 0.113. The number of carbonyl (C=O) groups excluding carboxylic acids is 1. The second kappa shape index (κ2) is 3.02. The lowest BCUT2D eigenvalue weighted by Gasteiger charge is -2.28. The molecule has 1 N–H and O–H groups in total. The molecular formula is C11H14O2. The van der Waals surface area contributed by atoms with Crippen molar-refractivity contribution >= 4 is 5.78 Å². The average molecular weight is 178 g/mol. The Hall–Kier alpha value is -1.05. The summed E-state index contributed by atoms with van der Waals surface area (Å²) in [6.07, 6.45) is 5.92. The highest BCUT2D eigenvalue weighted by molar-refractivity contribution is 5.97. The van der Waals surface area contributed by atoms with Crippen LogP contribution in [0.3, 0.4) is 0 Å². The molecular weight excluding hydrogens is 164 g/mol. The molecule has 70 valence electrons. The molecule has 0 spiro atoms. The van der Waals surface area contributed by atoms with Gasteiger partial charge in [0.1, 0.15) is 5.76 Å². The molecule has 2 nitrogen and oxygen atoms in total. The fourth-order valence-electron chi connectivity index (χ4n) is 2.17. The predicted octanol–water partition coefficient (Wildman–Crippen LogP) is 2.52. The van der Waals surface area contributed by atoms with Crippen molar-refractivity contribution in [1.29, 1.82) is 0 Å². The van der Waals surface area contributed by atoms with Gasteiger partial charge in [-0.2, -0.15) is 0 Å². The van der Waals surface area contributed by atoms with Gasteiger partial charge in [-0.15, -0.1) is 0 Å². The first-order valence-corrected chi connectivity index (χ1v) is 4.83. The fourth-order valence-corrected chi connectivity index (χ4v) is 2.17. The van der Waals surface area contributed by atoms with E-state index in [-0.39, 0.29) is 11.5 Å². The number of hydrogen-bond donors (Lipinski definition) is 1. The standard InChI is InChI=1S/C11H14O2/c1-7-10(12)6-8-4-2-3-5-9(8)11(7)13/h5,8,13H,2-4,6H2,1H3. The largest absolute Gasteiger partial charge is 0.507 e. The molecule has 0 heterocycles. The minimum Gasteiger partial charge on any atom is -0.507 e. The Kier molecular flexibility index (Phi) is 1.98. The Morgan fingerprint density at radius 3 is 3.08 bits per heavy atom. The first-order valence-electron chi connectivity index (χ1n) is 4.83. The molecule has 0 amide bonds. The molecule has 0 aliphatic heterocycles. The summed E-state index contributed by atoms with van der Waals surface area (Å²) in [7, 11) is 0. The number of rotatable bonds is 0. The Bertz CT molecular complexity index is 310. The van der Waals surface area contributed by atoms with Gasteiger partial charge in [-0.05, 0) is 37.7 Å². The van der Waals surface area contributed by atoms with Crippen molar-refractivity contribution in [1.82, 2.24) is 0 Å². The molecule has 2 aliphatic carbocycles. The summed E-state index contributed by atoms with van der Waals surface area (Å²) in [6, 6.07) is 0. The number of carbonyl (C=O) groups is 1. The number of aliphatic hydroxyl groups excluding tert-OH is 1. The van der Waals surface area contributed by atoms with Gasteiger partial charge < -0.3 is 5.11 Å². The first kappa shape index (κ1) is 8.54. The second-order valence-corrected chi connectivity index (χ2v) is 3.89. The van der Waals surface area contributed by atoms with Crippen LogP contribution in [-0.4, -0.2) is 10.9 Å². The maximum Gasteiger partial charge on any atom is 0.162 e. The molecule has 2 heteroatoms. The van der Waals surface area contributed by atoms with E-state index < -0.39 is 0 Å². The number of hydrogen-bond acceptors (Lipinski definition) is 2. The van der Waals surface area contributed by atoms with E-state index >= 15 is 0 Å². The van der Waals surface area contributed by atoms with E-state index in [2.05, 4.69) is 6.08 Å². The van der Waals surface area contributed by atoms with Crippen molar-refractivity contribution in [2.45, 2.75) is 32.6 Å². The maximum atomic E-state index is 11.4. The Morgan fingerprint density at radius 1 is 1.54 bits per heavy atom. The molecule has 0 bridgehead atoms. The molecule has 0 fully saturated rings. The Balaban J connectivity index is 2.43. The molecule has 1 atom stereocenters. The molecule has 2 rings (SSSR count). The summed E-state index contributed by atoms with van der Waals surface area (Å²) >= 11 is 0. The van der Waals surface area contributed by atoms with E-state index in [9.17, 15) is 9.90 Å². The van der Waals surface area contributed by atoms with Crippen molar-refractivity contribution in [2.24, 2.45) is 5.92 Å².